The first-order valence-electron chi connectivity index (χ1n) is 47.6. The Labute approximate surface area is 802 Å². The van der Waals surface area contributed by atoms with E-state index in [1.54, 1.807) is 0 Å². The Kier molecular flexibility index (Phi) is 21.7. The van der Waals surface area contributed by atoms with Crippen LogP contribution in [0.1, 0.15) is 105 Å². The van der Waals surface area contributed by atoms with E-state index in [1.807, 2.05) is 83.3 Å². The highest BCUT2D eigenvalue weighted by Gasteiger charge is 2.42. The summed E-state index contributed by atoms with van der Waals surface area (Å²) < 4.78 is 31.5. The quantitative estimate of drug-likeness (QED) is 0.140. The van der Waals surface area contributed by atoms with Crippen molar-refractivity contribution < 1.29 is 22.1 Å². The number of furan rings is 5. The molecule has 0 spiro atoms. The fraction of sp³-hybridized carbons (Fsp3) is 0.214. The molecule has 21 heteroatoms. The van der Waals surface area contributed by atoms with Gasteiger partial charge in [0.15, 0.2) is 33.7 Å². The zero-order valence-corrected chi connectivity index (χ0v) is 81.3. The number of nitrogens with zero attached hydrogens (tertiary/aromatic N) is 16. The topological polar surface area (TPSA) is 175 Å². The van der Waals surface area contributed by atoms with Crippen LogP contribution < -0.4 is 49.0 Å². The first kappa shape index (κ1) is 87.2. The van der Waals surface area contributed by atoms with Crippen molar-refractivity contribution in [2.24, 2.45) is 0 Å². The highest BCUT2D eigenvalue weighted by Crippen LogP contribution is 2.55. The van der Waals surface area contributed by atoms with Crippen LogP contribution in [0.2, 0.25) is 0 Å². The van der Waals surface area contributed by atoms with Crippen molar-refractivity contribution in [2.75, 3.05) is 63.1 Å². The number of aryl methyl sites for hydroxylation is 10. The maximum Gasteiger partial charge on any atom is 0.227 e. The summed E-state index contributed by atoms with van der Waals surface area (Å²) in [5, 5.41) is 10.9. The highest BCUT2D eigenvalue weighted by molar-refractivity contribution is 6.15. The molecule has 0 saturated heterocycles. The fourth-order valence-corrected chi connectivity index (χ4v) is 21.3. The van der Waals surface area contributed by atoms with E-state index in [0.29, 0.717) is 34.6 Å². The number of rotatable bonds is 8. The molecule has 10 aromatic carbocycles. The minimum absolute atomic E-state index is 0.0898. The molecule has 21 aromatic rings. The minimum atomic E-state index is 0.0898. The number of pyridine rings is 6. The Balaban J connectivity index is 0.0000000997. The number of fused-ring (bicyclic) bond motifs is 19. The smallest absolute Gasteiger partial charge is 0.227 e. The van der Waals surface area contributed by atoms with Gasteiger partial charge in [-0.2, -0.15) is 0 Å². The first-order valence-corrected chi connectivity index (χ1v) is 47.6. The van der Waals surface area contributed by atoms with Crippen LogP contribution in [-0.4, -0.2) is 80.9 Å². The molecular formula is C117H110N16O5. The molecule has 5 unspecified atom stereocenters. The third-order valence-corrected chi connectivity index (χ3v) is 28.3. The van der Waals surface area contributed by atoms with Gasteiger partial charge >= 0.3 is 0 Å². The number of benzene rings is 10. The van der Waals surface area contributed by atoms with Crippen LogP contribution in [0.3, 0.4) is 0 Å². The van der Waals surface area contributed by atoms with Crippen LogP contribution in [0.4, 0.5) is 85.4 Å². The molecule has 0 saturated carbocycles. The number of aromatic nitrogens is 6. The highest BCUT2D eigenvalue weighted by atomic mass is 16.4. The van der Waals surface area contributed by atoms with Gasteiger partial charge in [0.1, 0.15) is 30.8 Å². The summed E-state index contributed by atoms with van der Waals surface area (Å²) in [6.07, 6.45) is 6.90. The van der Waals surface area contributed by atoms with E-state index >= 15 is 0 Å². The number of hydrogen-bond acceptors (Lipinski definition) is 21. The van der Waals surface area contributed by atoms with Gasteiger partial charge in [-0.3, -0.25) is 0 Å². The molecule has 21 nitrogen and oxygen atoms in total. The van der Waals surface area contributed by atoms with Gasteiger partial charge in [0, 0.05) is 132 Å². The average molecular weight is 1820 g/mol. The number of hydrogen-bond donors (Lipinski definition) is 0. The molecule has 11 aromatic heterocycles. The van der Waals surface area contributed by atoms with Gasteiger partial charge in [0.25, 0.3) is 0 Å². The summed E-state index contributed by atoms with van der Waals surface area (Å²) >= 11 is 0. The van der Waals surface area contributed by atoms with Crippen molar-refractivity contribution in [3.8, 4) is 0 Å². The van der Waals surface area contributed by atoms with Crippen molar-refractivity contribution in [1.29, 1.82) is 0 Å². The lowest BCUT2D eigenvalue weighted by Gasteiger charge is -2.33. The van der Waals surface area contributed by atoms with Gasteiger partial charge in [-0.05, 0) is 279 Å². The van der Waals surface area contributed by atoms with Gasteiger partial charge < -0.3 is 71.1 Å². The maximum atomic E-state index is 6.39. The Hall–Kier alpha value is -16.2. The predicted octanol–water partition coefficient (Wildman–Crippen LogP) is 29.7. The zero-order chi connectivity index (χ0) is 95.2. The van der Waals surface area contributed by atoms with Crippen molar-refractivity contribution in [1.82, 2.24) is 29.9 Å². The summed E-state index contributed by atoms with van der Waals surface area (Å²) in [7, 11) is 4.24. The van der Waals surface area contributed by atoms with Crippen molar-refractivity contribution in [2.45, 2.75) is 155 Å². The maximum absolute atomic E-state index is 6.39. The lowest BCUT2D eigenvalue weighted by Crippen LogP contribution is -2.42. The second-order valence-corrected chi connectivity index (χ2v) is 37.4. The predicted molar refractivity (Wildman–Crippen MR) is 568 cm³/mol. The monoisotopic (exact) mass is 1820 g/mol. The second-order valence-electron chi connectivity index (χ2n) is 37.4. The third kappa shape index (κ3) is 14.4. The third-order valence-electron chi connectivity index (χ3n) is 28.3. The van der Waals surface area contributed by atoms with Crippen molar-refractivity contribution in [3.63, 3.8) is 0 Å². The summed E-state index contributed by atoms with van der Waals surface area (Å²) in [5.74, 6) is 0.961. The zero-order valence-electron chi connectivity index (χ0n) is 81.3. The van der Waals surface area contributed by atoms with E-state index in [0.717, 1.165) is 156 Å². The molecule has 5 aliphatic rings. The molecule has 0 N–H and O–H groups in total. The van der Waals surface area contributed by atoms with Crippen LogP contribution in [-0.2, 0) is 0 Å². The SMILES string of the molecule is Cc1ccc2c(n1)oc1c(N3C=CN(c4ccccc4)C3C)c(C)ccc12.Cc1ccc2c(n1)oc1c(N3c4ccccc4N(C(C)C)C3C)c(C)ccc12.Cc1ccc2c(n1)oc1c(N3c4ccccc4N(C)C3C)c(C)ccc12.Cc1ccc2c(n1)oc1c(N3c4ccccc4N(c4ccccc4)C3C)c(C)ccc12.Cc1ccc2c(n1)oc1c(N3c4ncccc4N(C)C3C)c(C)ccc12. The lowest BCUT2D eigenvalue weighted by molar-refractivity contribution is 0.601. The first-order chi connectivity index (χ1) is 66.8. The van der Waals surface area contributed by atoms with Gasteiger partial charge in [-0.15, -0.1) is 0 Å². The van der Waals surface area contributed by atoms with Gasteiger partial charge in [-0.1, -0.05) is 133 Å². The van der Waals surface area contributed by atoms with Crippen LogP contribution in [0, 0.1) is 69.2 Å². The molecule has 16 heterocycles. The molecule has 688 valence electrons. The van der Waals surface area contributed by atoms with Gasteiger partial charge in [0.2, 0.25) is 28.6 Å². The molecule has 0 aliphatic carbocycles. The molecule has 0 radical (unpaired) electrons. The summed E-state index contributed by atoms with van der Waals surface area (Å²) in [4.78, 5) is 51.1. The minimum Gasteiger partial charge on any atom is -0.435 e. The Morgan fingerprint density at radius 2 is 0.536 bits per heavy atom. The van der Waals surface area contributed by atoms with Crippen LogP contribution >= 0.6 is 0 Å². The summed E-state index contributed by atoms with van der Waals surface area (Å²) in [6, 6.07) is 93.6. The molecule has 0 amide bonds. The van der Waals surface area contributed by atoms with Crippen LogP contribution in [0.5, 0.6) is 0 Å². The van der Waals surface area contributed by atoms with E-state index in [2.05, 4.69) is 413 Å². The molecule has 138 heavy (non-hydrogen) atoms. The standard InChI is InChI=1S/C27H23N3O.C24H25N3O.C23H21N3O.C22H21N3O.C21H20N4O/c1-17-13-15-21-22-16-14-18(2)28-27(22)31-26(21)25(17)30-19(3)29(20-9-5-4-6-10-20)23-11-7-8-12-24(23)30;1-14(2)26-17(5)27(21-9-7-6-8-20(21)26)22-15(3)10-12-18-19-13-11-16(4)25-24(19)28-23(18)22;1-15-9-11-19-20-12-10-16(2)24-23(20)27-22(19)21(15)26-14-13-25(17(26)3)18-7-5-4-6-8-18;1-13-9-11-16-17-12-10-14(2)23-22(17)26-21(16)20(13)25-15(3)24(4)18-7-5-6-8-19(18)25;1-12-7-9-15-16-10-8-13(2)23-21(16)26-19(15)18(12)25-14(3)24(4)17-6-5-11-22-20(17)25/h4-16,19H,1-3H3;6-14,17H,1-5H3;4-14,17H,1-3H3;5-12,15H,1-4H3;5-11,14H,1-4H3. The Morgan fingerprint density at radius 1 is 0.246 bits per heavy atom. The van der Waals surface area contributed by atoms with Crippen LogP contribution in [0.15, 0.2) is 308 Å². The fourth-order valence-electron chi connectivity index (χ4n) is 21.3. The van der Waals surface area contributed by atoms with Crippen molar-refractivity contribution >= 4 is 196 Å². The molecule has 26 rings (SSSR count). The second kappa shape index (κ2) is 34.3. The van der Waals surface area contributed by atoms with E-state index in [1.165, 1.54) is 67.8 Å². The molecule has 0 bridgehead atoms. The van der Waals surface area contributed by atoms with Gasteiger partial charge in [0.05, 0.1) is 68.2 Å². The molecule has 0 fully saturated rings. The van der Waals surface area contributed by atoms with E-state index in [4.69, 9.17) is 22.1 Å². The molecule has 5 atom stereocenters. The average Bonchev–Trinajstić information content (AvgIpc) is 1.58. The number of para-hydroxylation sites is 8. The summed E-state index contributed by atoms with van der Waals surface area (Å²) in [5.41, 5.74) is 35.1. The normalized spacial score (nSPS) is 16.5. The van der Waals surface area contributed by atoms with E-state index in [-0.39, 0.29) is 30.8 Å². The lowest BCUT2D eigenvalue weighted by atomic mass is 10.1. The largest absolute Gasteiger partial charge is 0.435 e. The Morgan fingerprint density at radius 3 is 0.942 bits per heavy atom. The number of anilines is 15. The Bertz CT molecular complexity index is 8220. The molecular weight excluding hydrogens is 1710 g/mol. The van der Waals surface area contributed by atoms with E-state index < -0.39 is 0 Å². The van der Waals surface area contributed by atoms with Gasteiger partial charge in [-0.25, -0.2) is 29.9 Å². The summed E-state index contributed by atoms with van der Waals surface area (Å²) in [6.45, 7) is 36.3. The van der Waals surface area contributed by atoms with Crippen molar-refractivity contribution in [3.05, 3.63) is 342 Å². The van der Waals surface area contributed by atoms with Crippen LogP contribution in [0.25, 0.3) is 110 Å². The molecule has 5 aliphatic heterocycles. The van der Waals surface area contributed by atoms with E-state index in [9.17, 15) is 0 Å².